The first-order valence-electron chi connectivity index (χ1n) is 8.27. The molecule has 3 rings (SSSR count). The third kappa shape index (κ3) is 2.86. The van der Waals surface area contributed by atoms with Crippen LogP contribution in [0.5, 0.6) is 0 Å². The maximum absolute atomic E-state index is 12.2. The van der Waals surface area contributed by atoms with Crippen molar-refractivity contribution in [2.75, 3.05) is 20.2 Å². The highest BCUT2D eigenvalue weighted by Crippen LogP contribution is 2.42. The van der Waals surface area contributed by atoms with E-state index in [1.807, 2.05) is 0 Å². The summed E-state index contributed by atoms with van der Waals surface area (Å²) in [5.74, 6) is 0.867. The van der Waals surface area contributed by atoms with Gasteiger partial charge in [0.25, 0.3) is 0 Å². The van der Waals surface area contributed by atoms with Gasteiger partial charge in [-0.15, -0.1) is 0 Å². The first-order valence-corrected chi connectivity index (χ1v) is 8.27. The molecule has 2 atom stereocenters. The second-order valence-corrected chi connectivity index (χ2v) is 6.87. The van der Waals surface area contributed by atoms with Crippen molar-refractivity contribution >= 4 is 5.97 Å². The fourth-order valence-corrected chi connectivity index (χ4v) is 3.86. The largest absolute Gasteiger partial charge is 0.468 e. The summed E-state index contributed by atoms with van der Waals surface area (Å²) in [4.78, 5) is 14.9. The summed E-state index contributed by atoms with van der Waals surface area (Å²) in [5.41, 5.74) is -0.426. The molecular formula is C16H28N2O2. The van der Waals surface area contributed by atoms with Gasteiger partial charge in [-0.25, -0.2) is 0 Å². The highest BCUT2D eigenvalue weighted by Gasteiger charge is 2.49. The summed E-state index contributed by atoms with van der Waals surface area (Å²) in [6.45, 7) is 4.16. The van der Waals surface area contributed by atoms with E-state index < -0.39 is 5.54 Å². The number of ether oxygens (including phenoxy) is 1. The molecule has 0 amide bonds. The van der Waals surface area contributed by atoms with Crippen LogP contribution in [0, 0.1) is 5.92 Å². The van der Waals surface area contributed by atoms with Crippen LogP contribution in [-0.2, 0) is 9.53 Å². The van der Waals surface area contributed by atoms with Crippen molar-refractivity contribution in [1.82, 2.24) is 10.2 Å². The zero-order chi connectivity index (χ0) is 14.2. The normalized spacial score (nSPS) is 33.6. The van der Waals surface area contributed by atoms with Gasteiger partial charge in [-0.1, -0.05) is 6.92 Å². The molecule has 0 radical (unpaired) electrons. The highest BCUT2D eigenvalue weighted by atomic mass is 16.5. The lowest BCUT2D eigenvalue weighted by atomic mass is 9.97. The predicted octanol–water partition coefficient (Wildman–Crippen LogP) is 1.93. The van der Waals surface area contributed by atoms with E-state index in [1.165, 1.54) is 39.3 Å². The molecule has 0 saturated heterocycles. The monoisotopic (exact) mass is 280 g/mol. The standard InChI is InChI=1S/C16H28N2O2/c1-3-17-16(15(19)20-2)9-8-14(10-16)18(13-6-7-13)11-12-4-5-12/h12-14,17H,3-11H2,1-2H3. The van der Waals surface area contributed by atoms with Crippen molar-refractivity contribution in [3.05, 3.63) is 0 Å². The molecule has 3 aliphatic carbocycles. The molecule has 0 aliphatic heterocycles. The summed E-state index contributed by atoms with van der Waals surface area (Å²) in [6.07, 6.45) is 8.51. The molecule has 3 aliphatic rings. The van der Waals surface area contributed by atoms with Crippen molar-refractivity contribution in [3.63, 3.8) is 0 Å². The molecule has 0 aromatic heterocycles. The molecule has 3 saturated carbocycles. The van der Waals surface area contributed by atoms with E-state index in [9.17, 15) is 4.79 Å². The number of nitrogens with one attached hydrogen (secondary N) is 1. The Kier molecular flexibility index (Phi) is 4.04. The lowest BCUT2D eigenvalue weighted by molar-refractivity contribution is -0.148. The number of likely N-dealkylation sites (N-methyl/N-ethyl adjacent to an activating group) is 1. The smallest absolute Gasteiger partial charge is 0.326 e. The maximum atomic E-state index is 12.2. The molecule has 114 valence electrons. The van der Waals surface area contributed by atoms with Gasteiger partial charge in [0.15, 0.2) is 0 Å². The summed E-state index contributed by atoms with van der Waals surface area (Å²) in [7, 11) is 1.51. The van der Waals surface area contributed by atoms with E-state index in [0.717, 1.165) is 37.8 Å². The Morgan fingerprint density at radius 2 is 2.00 bits per heavy atom. The van der Waals surface area contributed by atoms with Crippen LogP contribution in [0.4, 0.5) is 0 Å². The predicted molar refractivity (Wildman–Crippen MR) is 78.5 cm³/mol. The third-order valence-electron chi connectivity index (χ3n) is 5.23. The number of rotatable bonds is 7. The van der Waals surface area contributed by atoms with E-state index in [4.69, 9.17) is 4.74 Å². The number of carbonyl (C=O) groups is 1. The lowest BCUT2D eigenvalue weighted by Crippen LogP contribution is -2.52. The first kappa shape index (κ1) is 14.3. The highest BCUT2D eigenvalue weighted by molar-refractivity contribution is 5.81. The minimum atomic E-state index is -0.426. The molecule has 4 nitrogen and oxygen atoms in total. The number of methoxy groups -OCH3 is 1. The fraction of sp³-hybridized carbons (Fsp3) is 0.938. The van der Waals surface area contributed by atoms with Crippen LogP contribution in [-0.4, -0.2) is 48.7 Å². The topological polar surface area (TPSA) is 41.6 Å². The second-order valence-electron chi connectivity index (χ2n) is 6.87. The molecule has 0 aromatic rings. The fourth-order valence-electron chi connectivity index (χ4n) is 3.86. The van der Waals surface area contributed by atoms with Crippen LogP contribution in [0.2, 0.25) is 0 Å². The molecule has 2 unspecified atom stereocenters. The maximum Gasteiger partial charge on any atom is 0.326 e. The zero-order valence-corrected chi connectivity index (χ0v) is 12.9. The van der Waals surface area contributed by atoms with Gasteiger partial charge in [0.2, 0.25) is 0 Å². The van der Waals surface area contributed by atoms with Gasteiger partial charge < -0.3 is 10.1 Å². The van der Waals surface area contributed by atoms with Crippen LogP contribution < -0.4 is 5.32 Å². The van der Waals surface area contributed by atoms with Crippen molar-refractivity contribution in [2.24, 2.45) is 5.92 Å². The molecule has 4 heteroatoms. The van der Waals surface area contributed by atoms with Crippen LogP contribution in [0.15, 0.2) is 0 Å². The molecule has 0 spiro atoms. The number of hydrogen-bond acceptors (Lipinski definition) is 4. The summed E-state index contributed by atoms with van der Waals surface area (Å²) in [6, 6.07) is 1.37. The summed E-state index contributed by atoms with van der Waals surface area (Å²) >= 11 is 0. The number of carbonyl (C=O) groups excluding carboxylic acids is 1. The van der Waals surface area contributed by atoms with Crippen LogP contribution >= 0.6 is 0 Å². The molecule has 1 N–H and O–H groups in total. The lowest BCUT2D eigenvalue weighted by Gasteiger charge is -2.32. The van der Waals surface area contributed by atoms with Crippen molar-refractivity contribution in [2.45, 2.75) is 69.5 Å². The van der Waals surface area contributed by atoms with Gasteiger partial charge in [0.1, 0.15) is 5.54 Å². The Labute approximate surface area is 122 Å². The van der Waals surface area contributed by atoms with Gasteiger partial charge in [-0.2, -0.15) is 0 Å². The average Bonchev–Trinajstić information content (AvgIpc) is 3.35. The first-order chi connectivity index (χ1) is 9.68. The van der Waals surface area contributed by atoms with Crippen LogP contribution in [0.25, 0.3) is 0 Å². The zero-order valence-electron chi connectivity index (χ0n) is 12.9. The molecule has 20 heavy (non-hydrogen) atoms. The van der Waals surface area contributed by atoms with Crippen molar-refractivity contribution in [1.29, 1.82) is 0 Å². The van der Waals surface area contributed by atoms with E-state index in [2.05, 4.69) is 17.1 Å². The van der Waals surface area contributed by atoms with Gasteiger partial charge in [-0.05, 0) is 57.4 Å². The molecule has 0 bridgehead atoms. The minimum Gasteiger partial charge on any atom is -0.468 e. The van der Waals surface area contributed by atoms with Gasteiger partial charge >= 0.3 is 5.97 Å². The van der Waals surface area contributed by atoms with Gasteiger partial charge in [-0.3, -0.25) is 9.69 Å². The van der Waals surface area contributed by atoms with E-state index >= 15 is 0 Å². The Morgan fingerprint density at radius 3 is 2.55 bits per heavy atom. The Morgan fingerprint density at radius 1 is 1.25 bits per heavy atom. The van der Waals surface area contributed by atoms with E-state index in [1.54, 1.807) is 0 Å². The second kappa shape index (κ2) is 5.64. The van der Waals surface area contributed by atoms with E-state index in [-0.39, 0.29) is 5.97 Å². The van der Waals surface area contributed by atoms with Crippen molar-refractivity contribution < 1.29 is 9.53 Å². The van der Waals surface area contributed by atoms with E-state index in [0.29, 0.717) is 6.04 Å². The van der Waals surface area contributed by atoms with Crippen LogP contribution in [0.3, 0.4) is 0 Å². The SMILES string of the molecule is CCNC1(C(=O)OC)CCC(N(CC2CC2)C2CC2)C1. The number of hydrogen-bond donors (Lipinski definition) is 1. The molecular weight excluding hydrogens is 252 g/mol. The Hall–Kier alpha value is -0.610. The van der Waals surface area contributed by atoms with Gasteiger partial charge in [0, 0.05) is 18.6 Å². The van der Waals surface area contributed by atoms with Gasteiger partial charge in [0.05, 0.1) is 7.11 Å². The number of esters is 1. The molecule has 0 aromatic carbocycles. The average molecular weight is 280 g/mol. The molecule has 3 fully saturated rings. The third-order valence-corrected chi connectivity index (χ3v) is 5.23. The minimum absolute atomic E-state index is 0.0657. The quantitative estimate of drug-likeness (QED) is 0.724. The summed E-state index contributed by atoms with van der Waals surface area (Å²) in [5, 5.41) is 3.42. The Bertz CT molecular complexity index is 365. The summed E-state index contributed by atoms with van der Waals surface area (Å²) < 4.78 is 5.07. The number of nitrogens with zero attached hydrogens (tertiary/aromatic N) is 1. The Balaban J connectivity index is 1.67. The van der Waals surface area contributed by atoms with Crippen molar-refractivity contribution in [3.8, 4) is 0 Å². The van der Waals surface area contributed by atoms with Crippen LogP contribution in [0.1, 0.15) is 51.9 Å². The molecule has 0 heterocycles.